The van der Waals surface area contributed by atoms with Crippen LogP contribution in [0.4, 0.5) is 4.39 Å². The zero-order valence-corrected chi connectivity index (χ0v) is 15.5. The van der Waals surface area contributed by atoms with Gasteiger partial charge in [-0.3, -0.25) is 4.90 Å². The smallest absolute Gasteiger partial charge is 0.349 e. The van der Waals surface area contributed by atoms with Gasteiger partial charge in [-0.1, -0.05) is 18.2 Å². The molecule has 1 aliphatic heterocycles. The average Bonchev–Trinajstić information content (AvgIpc) is 2.73. The van der Waals surface area contributed by atoms with Crippen LogP contribution in [-0.2, 0) is 11.3 Å². The molecular formula is C21H22FN3O3. The number of halogens is 1. The molecule has 1 saturated heterocycles. The number of benzene rings is 1. The van der Waals surface area contributed by atoms with E-state index in [1.807, 2.05) is 6.07 Å². The average molecular weight is 383 g/mol. The van der Waals surface area contributed by atoms with Gasteiger partial charge in [0, 0.05) is 25.7 Å². The highest BCUT2D eigenvalue weighted by Crippen LogP contribution is 2.21. The van der Waals surface area contributed by atoms with Crippen molar-refractivity contribution in [1.29, 1.82) is 0 Å². The molecule has 0 aliphatic carbocycles. The van der Waals surface area contributed by atoms with E-state index in [4.69, 9.17) is 4.74 Å². The van der Waals surface area contributed by atoms with Gasteiger partial charge in [-0.2, -0.15) is 4.40 Å². The fourth-order valence-electron chi connectivity index (χ4n) is 3.63. The molecule has 0 radical (unpaired) electrons. The van der Waals surface area contributed by atoms with Gasteiger partial charge < -0.3 is 9.84 Å². The number of pyridine rings is 1. The zero-order chi connectivity index (χ0) is 19.5. The number of ether oxygens (including phenoxy) is 1. The third-order valence-electron chi connectivity index (χ3n) is 5.10. The summed E-state index contributed by atoms with van der Waals surface area (Å²) in [5.41, 5.74) is 0.661. The van der Waals surface area contributed by atoms with Crippen LogP contribution in [0.2, 0.25) is 0 Å². The molecule has 0 bridgehead atoms. The summed E-state index contributed by atoms with van der Waals surface area (Å²) in [5.74, 6) is -0.750. The molecule has 3 heterocycles. The minimum atomic E-state index is -0.407. The van der Waals surface area contributed by atoms with E-state index in [-0.39, 0.29) is 11.4 Å². The molecule has 3 aromatic rings. The number of rotatable bonds is 5. The van der Waals surface area contributed by atoms with Gasteiger partial charge in [-0.25, -0.2) is 13.8 Å². The summed E-state index contributed by atoms with van der Waals surface area (Å²) in [7, 11) is 0. The second-order valence-electron chi connectivity index (χ2n) is 6.88. The zero-order valence-electron chi connectivity index (χ0n) is 15.5. The Morgan fingerprint density at radius 3 is 2.61 bits per heavy atom. The lowest BCUT2D eigenvalue weighted by Crippen LogP contribution is -2.45. The minimum absolute atomic E-state index is 0.0649. The summed E-state index contributed by atoms with van der Waals surface area (Å²) in [6.07, 6.45) is 2.44. The molecule has 0 unspecified atom stereocenters. The van der Waals surface area contributed by atoms with Crippen molar-refractivity contribution in [2.45, 2.75) is 13.0 Å². The molecule has 7 heteroatoms. The van der Waals surface area contributed by atoms with Crippen molar-refractivity contribution in [2.75, 3.05) is 32.8 Å². The van der Waals surface area contributed by atoms with E-state index in [9.17, 15) is 14.3 Å². The SMILES string of the molecule is O=c1c(-c2ccc(F)cc2)c([O-])[n+](CCCN2CCOCC2)c2ccccn12. The molecular weight excluding hydrogens is 361 g/mol. The molecule has 0 amide bonds. The molecule has 0 spiro atoms. The van der Waals surface area contributed by atoms with Gasteiger partial charge in [-0.05, 0) is 30.2 Å². The van der Waals surface area contributed by atoms with Crippen molar-refractivity contribution >= 4 is 5.65 Å². The van der Waals surface area contributed by atoms with Crippen LogP contribution in [0, 0.1) is 5.82 Å². The highest BCUT2D eigenvalue weighted by Gasteiger charge is 2.20. The number of aromatic nitrogens is 2. The second-order valence-corrected chi connectivity index (χ2v) is 6.88. The Balaban J connectivity index is 1.72. The number of aryl methyl sites for hydroxylation is 1. The van der Waals surface area contributed by atoms with Crippen molar-refractivity contribution in [3.63, 3.8) is 0 Å². The Kier molecular flexibility index (Phi) is 5.36. The number of morpholine rings is 1. The third kappa shape index (κ3) is 3.63. The Morgan fingerprint density at radius 1 is 1.11 bits per heavy atom. The van der Waals surface area contributed by atoms with Gasteiger partial charge >= 0.3 is 5.56 Å². The third-order valence-corrected chi connectivity index (χ3v) is 5.10. The molecule has 0 atom stereocenters. The second kappa shape index (κ2) is 8.08. The topological polar surface area (TPSA) is 60.9 Å². The molecule has 146 valence electrons. The van der Waals surface area contributed by atoms with Gasteiger partial charge in [0.15, 0.2) is 0 Å². The predicted octanol–water partition coefficient (Wildman–Crippen LogP) is 1.19. The summed E-state index contributed by atoms with van der Waals surface area (Å²) < 4.78 is 21.8. The number of hydrogen-bond donors (Lipinski definition) is 0. The maximum Gasteiger partial charge on any atom is 0.349 e. The summed E-state index contributed by atoms with van der Waals surface area (Å²) in [4.78, 5) is 15.3. The van der Waals surface area contributed by atoms with E-state index in [2.05, 4.69) is 4.90 Å². The fraction of sp³-hybridized carbons (Fsp3) is 0.333. The first-order chi connectivity index (χ1) is 13.6. The molecule has 1 fully saturated rings. The maximum absolute atomic E-state index is 13.3. The predicted molar refractivity (Wildman–Crippen MR) is 101 cm³/mol. The van der Waals surface area contributed by atoms with Crippen LogP contribution < -0.4 is 15.2 Å². The highest BCUT2D eigenvalue weighted by atomic mass is 19.1. The van der Waals surface area contributed by atoms with E-state index in [0.717, 1.165) is 39.3 Å². The van der Waals surface area contributed by atoms with Crippen molar-refractivity contribution < 1.29 is 18.8 Å². The Labute approximate surface area is 162 Å². The summed E-state index contributed by atoms with van der Waals surface area (Å²) in [5, 5.41) is 13.2. The van der Waals surface area contributed by atoms with E-state index in [0.29, 0.717) is 17.8 Å². The summed E-state index contributed by atoms with van der Waals surface area (Å²) in [6.45, 7) is 4.62. The van der Waals surface area contributed by atoms with Crippen LogP contribution in [0.25, 0.3) is 16.8 Å². The molecule has 0 saturated carbocycles. The number of nitrogens with zero attached hydrogens (tertiary/aromatic N) is 3. The number of fused-ring (bicyclic) bond motifs is 1. The lowest BCUT2D eigenvalue weighted by Gasteiger charge is -2.26. The van der Waals surface area contributed by atoms with Gasteiger partial charge in [0.25, 0.3) is 5.65 Å². The first-order valence-corrected chi connectivity index (χ1v) is 9.45. The fourth-order valence-corrected chi connectivity index (χ4v) is 3.63. The first kappa shape index (κ1) is 18.6. The molecule has 4 rings (SSSR count). The van der Waals surface area contributed by atoms with Crippen molar-refractivity contribution in [1.82, 2.24) is 9.30 Å². The Hall–Kier alpha value is -2.77. The molecule has 2 aromatic heterocycles. The van der Waals surface area contributed by atoms with Gasteiger partial charge in [0.1, 0.15) is 11.4 Å². The van der Waals surface area contributed by atoms with Crippen molar-refractivity contribution in [3.05, 3.63) is 64.8 Å². The van der Waals surface area contributed by atoms with Crippen LogP contribution in [0.3, 0.4) is 0 Å². The molecule has 1 aromatic carbocycles. The number of hydrogen-bond acceptors (Lipinski definition) is 4. The summed E-state index contributed by atoms with van der Waals surface area (Å²) in [6, 6.07) is 10.8. The lowest BCUT2D eigenvalue weighted by molar-refractivity contribution is -0.715. The van der Waals surface area contributed by atoms with Crippen molar-refractivity contribution in [2.24, 2.45) is 0 Å². The van der Waals surface area contributed by atoms with Crippen LogP contribution >= 0.6 is 0 Å². The minimum Gasteiger partial charge on any atom is -0.842 e. The summed E-state index contributed by atoms with van der Waals surface area (Å²) >= 11 is 0. The van der Waals surface area contributed by atoms with Crippen LogP contribution in [0.1, 0.15) is 6.42 Å². The molecule has 0 N–H and O–H groups in total. The maximum atomic E-state index is 13.3. The van der Waals surface area contributed by atoms with Gasteiger partial charge in [-0.15, -0.1) is 0 Å². The quantitative estimate of drug-likeness (QED) is 0.621. The Morgan fingerprint density at radius 2 is 1.86 bits per heavy atom. The lowest BCUT2D eigenvalue weighted by atomic mass is 10.1. The van der Waals surface area contributed by atoms with Crippen molar-refractivity contribution in [3.8, 4) is 17.0 Å². The van der Waals surface area contributed by atoms with Crippen LogP contribution in [0.5, 0.6) is 5.88 Å². The van der Waals surface area contributed by atoms with E-state index >= 15 is 0 Å². The van der Waals surface area contributed by atoms with Gasteiger partial charge in [0.2, 0.25) is 0 Å². The molecule has 28 heavy (non-hydrogen) atoms. The Bertz CT molecular complexity index is 1030. The standard InChI is InChI=1S/C21H22FN3O3/c22-17-7-5-16(6-8-17)19-20(26)24-10-2-1-4-18(24)25(21(19)27)11-3-9-23-12-14-28-15-13-23/h1-2,4-8,10H,3,9,11-15H2. The largest absolute Gasteiger partial charge is 0.842 e. The molecule has 1 aliphatic rings. The van der Waals surface area contributed by atoms with Crippen LogP contribution in [-0.4, -0.2) is 42.1 Å². The van der Waals surface area contributed by atoms with Crippen LogP contribution in [0.15, 0.2) is 53.5 Å². The van der Waals surface area contributed by atoms with E-state index < -0.39 is 11.4 Å². The molecule has 6 nitrogen and oxygen atoms in total. The first-order valence-electron chi connectivity index (χ1n) is 9.45. The normalized spacial score (nSPS) is 15.2. The highest BCUT2D eigenvalue weighted by molar-refractivity contribution is 5.66. The van der Waals surface area contributed by atoms with E-state index in [1.165, 1.54) is 28.7 Å². The monoisotopic (exact) mass is 383 g/mol. The van der Waals surface area contributed by atoms with E-state index in [1.54, 1.807) is 22.9 Å². The van der Waals surface area contributed by atoms with Gasteiger partial charge in [0.05, 0.1) is 31.8 Å².